The number of aromatic amines is 1. The van der Waals surface area contributed by atoms with Gasteiger partial charge in [0.05, 0.1) is 6.42 Å². The molecular weight excluding hydrogens is 306 g/mol. The van der Waals surface area contributed by atoms with Gasteiger partial charge < -0.3 is 11.1 Å². The van der Waals surface area contributed by atoms with Gasteiger partial charge in [-0.2, -0.15) is 0 Å². The Morgan fingerprint density at radius 3 is 2.92 bits per heavy atom. The molecule has 1 amide bonds. The van der Waals surface area contributed by atoms with Crippen LogP contribution in [0.4, 0.5) is 0 Å². The number of H-pyrrole nitrogens is 1. The molecule has 0 saturated heterocycles. The summed E-state index contributed by atoms with van der Waals surface area (Å²) in [7, 11) is 0. The lowest BCUT2D eigenvalue weighted by Crippen LogP contribution is -2.46. The van der Waals surface area contributed by atoms with Crippen molar-refractivity contribution in [2.45, 2.75) is 51.5 Å². The highest BCUT2D eigenvalue weighted by atomic mass is 16.2. The number of nitrogens with two attached hydrogens (primary N) is 1. The molecule has 1 saturated carbocycles. The highest BCUT2D eigenvalue weighted by molar-refractivity contribution is 5.79. The summed E-state index contributed by atoms with van der Waals surface area (Å²) in [6.45, 7) is 2.20. The molecule has 2 aromatic heterocycles. The van der Waals surface area contributed by atoms with Crippen molar-refractivity contribution in [3.8, 4) is 0 Å². The fraction of sp³-hybridized carbons (Fsp3) is 0.588. The molecule has 0 radical (unpaired) electrons. The van der Waals surface area contributed by atoms with Crippen LogP contribution in [0.25, 0.3) is 5.65 Å². The topological polar surface area (TPSA) is 105 Å². The summed E-state index contributed by atoms with van der Waals surface area (Å²) in [5.41, 5.74) is 7.22. The minimum Gasteiger partial charge on any atom is -0.352 e. The van der Waals surface area contributed by atoms with Crippen LogP contribution in [0.2, 0.25) is 0 Å². The Kier molecular flexibility index (Phi) is 4.99. The minimum atomic E-state index is -0.223. The molecule has 0 aliphatic heterocycles. The smallest absolute Gasteiger partial charge is 0.276 e. The van der Waals surface area contributed by atoms with Crippen LogP contribution < -0.4 is 16.6 Å². The van der Waals surface area contributed by atoms with Crippen LogP contribution in [-0.4, -0.2) is 33.1 Å². The van der Waals surface area contributed by atoms with E-state index < -0.39 is 0 Å². The normalized spacial score (nSPS) is 17.1. The summed E-state index contributed by atoms with van der Waals surface area (Å²) in [4.78, 5) is 29.3. The molecule has 7 nitrogen and oxygen atoms in total. The average molecular weight is 331 g/mol. The Morgan fingerprint density at radius 2 is 2.21 bits per heavy atom. The number of aromatic nitrogens is 3. The molecule has 4 N–H and O–H groups in total. The molecule has 1 aliphatic carbocycles. The van der Waals surface area contributed by atoms with Gasteiger partial charge in [0.15, 0.2) is 5.65 Å². The lowest BCUT2D eigenvalue weighted by atomic mass is 9.84. The number of amides is 1. The predicted octanol–water partition coefficient (Wildman–Crippen LogP) is 0.897. The number of aryl methyl sites for hydroxylation is 1. The highest BCUT2D eigenvalue weighted by Crippen LogP contribution is 2.26. The maximum absolute atomic E-state index is 12.5. The van der Waals surface area contributed by atoms with Crippen LogP contribution in [0.3, 0.4) is 0 Å². The monoisotopic (exact) mass is 331 g/mol. The number of rotatable bonds is 5. The summed E-state index contributed by atoms with van der Waals surface area (Å²) >= 11 is 0. The van der Waals surface area contributed by atoms with E-state index in [1.54, 1.807) is 19.2 Å². The molecule has 24 heavy (non-hydrogen) atoms. The van der Waals surface area contributed by atoms with Crippen molar-refractivity contribution >= 4 is 11.6 Å². The Balaban J connectivity index is 1.73. The van der Waals surface area contributed by atoms with Gasteiger partial charge in [0, 0.05) is 36.1 Å². The van der Waals surface area contributed by atoms with Crippen LogP contribution in [0.1, 0.15) is 43.4 Å². The van der Waals surface area contributed by atoms with E-state index in [9.17, 15) is 9.59 Å². The molecule has 2 heterocycles. The van der Waals surface area contributed by atoms with Gasteiger partial charge in [-0.25, -0.2) is 9.50 Å². The highest BCUT2D eigenvalue weighted by Gasteiger charge is 2.24. The molecule has 0 bridgehead atoms. The first-order chi connectivity index (χ1) is 11.6. The first-order valence-electron chi connectivity index (χ1n) is 8.65. The zero-order chi connectivity index (χ0) is 17.1. The molecule has 0 spiro atoms. The second-order valence-corrected chi connectivity index (χ2v) is 6.62. The molecule has 1 unspecified atom stereocenters. The van der Waals surface area contributed by atoms with Gasteiger partial charge >= 0.3 is 0 Å². The van der Waals surface area contributed by atoms with Gasteiger partial charge in [0.2, 0.25) is 5.91 Å². The van der Waals surface area contributed by atoms with E-state index in [4.69, 9.17) is 5.73 Å². The van der Waals surface area contributed by atoms with E-state index >= 15 is 0 Å². The van der Waals surface area contributed by atoms with Crippen molar-refractivity contribution < 1.29 is 4.79 Å². The fourth-order valence-electron chi connectivity index (χ4n) is 3.63. The molecule has 7 heteroatoms. The second kappa shape index (κ2) is 7.17. The van der Waals surface area contributed by atoms with Gasteiger partial charge in [0.1, 0.15) is 0 Å². The Hall–Kier alpha value is -2.15. The Bertz CT molecular complexity index is 773. The van der Waals surface area contributed by atoms with Crippen LogP contribution in [0.15, 0.2) is 17.1 Å². The van der Waals surface area contributed by atoms with Crippen molar-refractivity contribution in [2.24, 2.45) is 11.7 Å². The number of carbonyl (C=O) groups excluding carboxylic acids is 1. The van der Waals surface area contributed by atoms with E-state index in [-0.39, 0.29) is 23.9 Å². The molecular formula is C17H25N5O2. The fourth-order valence-corrected chi connectivity index (χ4v) is 3.63. The van der Waals surface area contributed by atoms with E-state index in [1.165, 1.54) is 23.8 Å². The summed E-state index contributed by atoms with van der Waals surface area (Å²) in [5.74, 6) is 0.281. The summed E-state index contributed by atoms with van der Waals surface area (Å²) < 4.78 is 1.36. The largest absolute Gasteiger partial charge is 0.352 e. The Morgan fingerprint density at radius 1 is 1.46 bits per heavy atom. The standard InChI is InChI=1S/C17H25N5O2/c1-11-13(17(24)22-15(20-11)7-8-19-22)9-16(23)21-14(10-18)12-5-3-2-4-6-12/h7-8,12,14,19H,2-6,9-10,18H2,1H3,(H,21,23). The average Bonchev–Trinajstić information content (AvgIpc) is 3.05. The molecule has 1 atom stereocenters. The van der Waals surface area contributed by atoms with Gasteiger partial charge in [-0.3, -0.25) is 14.7 Å². The quantitative estimate of drug-likeness (QED) is 0.757. The first-order valence-corrected chi connectivity index (χ1v) is 8.65. The van der Waals surface area contributed by atoms with Crippen LogP contribution in [0, 0.1) is 12.8 Å². The van der Waals surface area contributed by atoms with Gasteiger partial charge in [-0.15, -0.1) is 0 Å². The Labute approximate surface area is 140 Å². The van der Waals surface area contributed by atoms with Crippen molar-refractivity contribution in [1.29, 1.82) is 0 Å². The van der Waals surface area contributed by atoms with E-state index in [0.29, 0.717) is 29.4 Å². The van der Waals surface area contributed by atoms with E-state index in [1.807, 2.05) is 0 Å². The number of hydrogen-bond acceptors (Lipinski definition) is 4. The van der Waals surface area contributed by atoms with Gasteiger partial charge in [-0.05, 0) is 25.7 Å². The van der Waals surface area contributed by atoms with Crippen molar-refractivity contribution in [1.82, 2.24) is 19.9 Å². The third kappa shape index (κ3) is 3.36. The molecule has 1 fully saturated rings. The number of nitrogens with zero attached hydrogens (tertiary/aromatic N) is 2. The van der Waals surface area contributed by atoms with Crippen LogP contribution >= 0.6 is 0 Å². The predicted molar refractivity (Wildman–Crippen MR) is 91.8 cm³/mol. The van der Waals surface area contributed by atoms with Crippen LogP contribution in [-0.2, 0) is 11.2 Å². The third-order valence-corrected chi connectivity index (χ3v) is 5.00. The molecule has 2 aromatic rings. The van der Waals surface area contributed by atoms with Crippen molar-refractivity contribution in [2.75, 3.05) is 6.54 Å². The zero-order valence-corrected chi connectivity index (χ0v) is 14.0. The number of carbonyl (C=O) groups is 1. The minimum absolute atomic E-state index is 0.0111. The lowest BCUT2D eigenvalue weighted by molar-refractivity contribution is -0.121. The zero-order valence-electron chi connectivity index (χ0n) is 14.0. The maximum atomic E-state index is 12.5. The van der Waals surface area contributed by atoms with Crippen molar-refractivity contribution in [3.63, 3.8) is 0 Å². The number of nitrogens with one attached hydrogen (secondary N) is 2. The molecule has 0 aromatic carbocycles. The second-order valence-electron chi connectivity index (χ2n) is 6.62. The SMILES string of the molecule is Cc1nc2cc[nH]n2c(=O)c1CC(=O)NC(CN)C1CCCCC1. The van der Waals surface area contributed by atoms with Gasteiger partial charge in [-0.1, -0.05) is 19.3 Å². The molecule has 130 valence electrons. The molecule has 3 rings (SSSR count). The third-order valence-electron chi connectivity index (χ3n) is 5.00. The number of hydrogen-bond donors (Lipinski definition) is 3. The summed E-state index contributed by atoms with van der Waals surface area (Å²) in [5, 5.41) is 5.85. The van der Waals surface area contributed by atoms with E-state index in [2.05, 4.69) is 15.4 Å². The number of fused-ring (bicyclic) bond motifs is 1. The van der Waals surface area contributed by atoms with Crippen molar-refractivity contribution in [3.05, 3.63) is 33.9 Å². The lowest BCUT2D eigenvalue weighted by Gasteiger charge is -2.30. The van der Waals surface area contributed by atoms with Gasteiger partial charge in [0.25, 0.3) is 5.56 Å². The van der Waals surface area contributed by atoms with E-state index in [0.717, 1.165) is 12.8 Å². The maximum Gasteiger partial charge on any atom is 0.276 e. The summed E-state index contributed by atoms with van der Waals surface area (Å²) in [6, 6.07) is 1.72. The van der Waals surface area contributed by atoms with Crippen LogP contribution in [0.5, 0.6) is 0 Å². The molecule has 1 aliphatic rings. The summed E-state index contributed by atoms with van der Waals surface area (Å²) in [6.07, 6.45) is 7.57. The first kappa shape index (κ1) is 16.7.